The minimum atomic E-state index is 0.0156. The lowest BCUT2D eigenvalue weighted by atomic mass is 10.1. The van der Waals surface area contributed by atoms with Crippen molar-refractivity contribution in [1.29, 1.82) is 0 Å². The molecule has 3 heteroatoms. The smallest absolute Gasteiger partial charge is 0.191 e. The maximum absolute atomic E-state index is 12.1. The first kappa shape index (κ1) is 15.0. The normalized spacial score (nSPS) is 10.8. The molecule has 0 fully saturated rings. The van der Waals surface area contributed by atoms with Crippen molar-refractivity contribution in [3.63, 3.8) is 0 Å². The van der Waals surface area contributed by atoms with E-state index in [9.17, 15) is 4.79 Å². The van der Waals surface area contributed by atoms with Crippen molar-refractivity contribution >= 4 is 17.7 Å². The molecule has 0 atom stereocenters. The molecule has 0 aliphatic carbocycles. The predicted molar refractivity (Wildman–Crippen MR) is 86.4 cm³/mol. The lowest BCUT2D eigenvalue weighted by Crippen LogP contribution is -2.25. The molecule has 0 saturated carbocycles. The molecule has 0 spiro atoms. The number of pyridine rings is 1. The van der Waals surface area contributed by atoms with Crippen LogP contribution in [0.1, 0.15) is 22.8 Å². The Morgan fingerprint density at radius 2 is 1.71 bits per heavy atom. The molecule has 1 aromatic heterocycles. The van der Waals surface area contributed by atoms with Gasteiger partial charge in [-0.05, 0) is 12.0 Å². The van der Waals surface area contributed by atoms with Crippen LogP contribution >= 0.6 is 0 Å². The molecule has 0 amide bonds. The second kappa shape index (κ2) is 6.84. The number of aromatic nitrogens is 1. The molecule has 2 rings (SSSR count). The number of carbonyl (C=O) groups excluding carboxylic acids is 1. The Balaban J connectivity index is 2.07. The van der Waals surface area contributed by atoms with Crippen molar-refractivity contribution in [3.8, 4) is 0 Å². The number of hydrogen-bond donors (Lipinski definition) is 0. The number of hydrogen-bond acceptors (Lipinski definition) is 2. The van der Waals surface area contributed by atoms with E-state index in [1.165, 1.54) is 5.56 Å². The molecule has 0 radical (unpaired) electrons. The van der Waals surface area contributed by atoms with Crippen molar-refractivity contribution in [1.82, 2.24) is 0 Å². The fraction of sp³-hybridized carbons (Fsp3) is 0.222. The van der Waals surface area contributed by atoms with Crippen LogP contribution in [0.15, 0.2) is 54.9 Å². The van der Waals surface area contributed by atoms with Gasteiger partial charge in [-0.15, -0.1) is 0 Å². The Kier molecular flexibility index (Phi) is 4.88. The number of anilines is 1. The van der Waals surface area contributed by atoms with Crippen LogP contribution in [-0.4, -0.2) is 19.9 Å². The first-order valence-electron chi connectivity index (χ1n) is 7.09. The Morgan fingerprint density at radius 1 is 1.10 bits per heavy atom. The highest BCUT2D eigenvalue weighted by Crippen LogP contribution is 2.07. The topological polar surface area (TPSA) is 24.2 Å². The summed E-state index contributed by atoms with van der Waals surface area (Å²) in [5, 5.41) is 0. The van der Waals surface area contributed by atoms with Crippen LogP contribution in [0.2, 0.25) is 0 Å². The largest absolute Gasteiger partial charge is 0.377 e. The van der Waals surface area contributed by atoms with Crippen molar-refractivity contribution in [2.24, 2.45) is 0 Å². The zero-order valence-electron chi connectivity index (χ0n) is 12.8. The van der Waals surface area contributed by atoms with Crippen LogP contribution in [0.3, 0.4) is 0 Å². The van der Waals surface area contributed by atoms with E-state index >= 15 is 0 Å². The summed E-state index contributed by atoms with van der Waals surface area (Å²) in [4.78, 5) is 14.1. The van der Waals surface area contributed by atoms with Crippen molar-refractivity contribution in [2.75, 3.05) is 19.0 Å². The second-order valence-corrected chi connectivity index (χ2v) is 5.13. The highest BCUT2D eigenvalue weighted by atomic mass is 16.1. The summed E-state index contributed by atoms with van der Waals surface area (Å²) in [5.74, 6) is 0.0156. The van der Waals surface area contributed by atoms with E-state index in [2.05, 4.69) is 6.92 Å². The minimum Gasteiger partial charge on any atom is -0.377 e. The first-order chi connectivity index (χ1) is 10.1. The molecule has 2 aromatic rings. The molecule has 0 unspecified atom stereocenters. The fourth-order valence-electron chi connectivity index (χ4n) is 1.98. The molecule has 1 heterocycles. The SMILES string of the molecule is CCc1ccc(C(=O)C=C[n+]2ccc(N(C)C)cc2)cc1. The summed E-state index contributed by atoms with van der Waals surface area (Å²) >= 11 is 0. The summed E-state index contributed by atoms with van der Waals surface area (Å²) in [6.45, 7) is 2.10. The number of ketones is 1. The molecule has 1 aromatic carbocycles. The van der Waals surface area contributed by atoms with Gasteiger partial charge in [-0.2, -0.15) is 4.57 Å². The molecule has 21 heavy (non-hydrogen) atoms. The number of rotatable bonds is 5. The Morgan fingerprint density at radius 3 is 2.24 bits per heavy atom. The van der Waals surface area contributed by atoms with Gasteiger partial charge in [0.1, 0.15) is 0 Å². The maximum Gasteiger partial charge on any atom is 0.191 e. The van der Waals surface area contributed by atoms with Crippen LogP contribution in [0, 0.1) is 0 Å². The van der Waals surface area contributed by atoms with Crippen LogP contribution in [0.4, 0.5) is 5.69 Å². The van der Waals surface area contributed by atoms with Gasteiger partial charge in [-0.3, -0.25) is 4.79 Å². The monoisotopic (exact) mass is 281 g/mol. The molecule has 108 valence electrons. The first-order valence-corrected chi connectivity index (χ1v) is 7.09. The van der Waals surface area contributed by atoms with E-state index in [0.29, 0.717) is 5.56 Å². The van der Waals surface area contributed by atoms with E-state index in [1.807, 2.05) is 72.4 Å². The summed E-state index contributed by atoms with van der Waals surface area (Å²) < 4.78 is 1.87. The van der Waals surface area contributed by atoms with Gasteiger partial charge in [0.2, 0.25) is 0 Å². The third-order valence-corrected chi connectivity index (χ3v) is 3.40. The van der Waals surface area contributed by atoms with E-state index in [-0.39, 0.29) is 5.78 Å². The van der Waals surface area contributed by atoms with Gasteiger partial charge in [0.25, 0.3) is 0 Å². The molecule has 0 aliphatic rings. The van der Waals surface area contributed by atoms with E-state index in [0.717, 1.165) is 12.1 Å². The van der Waals surface area contributed by atoms with E-state index in [4.69, 9.17) is 0 Å². The molecule has 0 N–H and O–H groups in total. The van der Waals surface area contributed by atoms with Gasteiger partial charge in [-0.25, -0.2) is 0 Å². The lowest BCUT2D eigenvalue weighted by Gasteiger charge is -2.09. The molecule has 0 aliphatic heterocycles. The fourth-order valence-corrected chi connectivity index (χ4v) is 1.98. The van der Waals surface area contributed by atoms with Crippen LogP contribution in [-0.2, 0) is 6.42 Å². The zero-order chi connectivity index (χ0) is 15.2. The van der Waals surface area contributed by atoms with Crippen molar-refractivity contribution in [2.45, 2.75) is 13.3 Å². The molecule has 0 bridgehead atoms. The second-order valence-electron chi connectivity index (χ2n) is 5.13. The number of nitrogens with zero attached hydrogens (tertiary/aromatic N) is 2. The number of allylic oxidation sites excluding steroid dienone is 1. The summed E-state index contributed by atoms with van der Waals surface area (Å²) in [6.07, 6.45) is 8.21. The van der Waals surface area contributed by atoms with Crippen LogP contribution < -0.4 is 9.47 Å². The van der Waals surface area contributed by atoms with Gasteiger partial charge >= 0.3 is 0 Å². The summed E-state index contributed by atoms with van der Waals surface area (Å²) in [7, 11) is 4.00. The summed E-state index contributed by atoms with van der Waals surface area (Å²) in [5.41, 5.74) is 3.08. The van der Waals surface area contributed by atoms with E-state index in [1.54, 1.807) is 12.3 Å². The van der Waals surface area contributed by atoms with Crippen LogP contribution in [0.5, 0.6) is 0 Å². The average Bonchev–Trinajstić information content (AvgIpc) is 2.53. The number of benzene rings is 1. The Hall–Kier alpha value is -2.42. The average molecular weight is 281 g/mol. The molecule has 3 nitrogen and oxygen atoms in total. The predicted octanol–water partition coefficient (Wildman–Crippen LogP) is 2.96. The zero-order valence-corrected chi connectivity index (χ0v) is 12.8. The van der Waals surface area contributed by atoms with Gasteiger partial charge < -0.3 is 4.90 Å². The highest BCUT2D eigenvalue weighted by molar-refractivity contribution is 6.05. The van der Waals surface area contributed by atoms with Crippen LogP contribution in [0.25, 0.3) is 6.20 Å². The van der Waals surface area contributed by atoms with Gasteiger partial charge in [0.15, 0.2) is 24.4 Å². The molecule has 0 saturated heterocycles. The molecular formula is C18H21N2O+. The number of carbonyl (C=O) groups is 1. The quantitative estimate of drug-likeness (QED) is 0.478. The van der Waals surface area contributed by atoms with Gasteiger partial charge in [-0.1, -0.05) is 31.2 Å². The Bertz CT molecular complexity index is 625. The van der Waals surface area contributed by atoms with Crippen molar-refractivity contribution in [3.05, 3.63) is 66.0 Å². The number of aryl methyl sites for hydroxylation is 1. The van der Waals surface area contributed by atoms with Gasteiger partial charge in [0.05, 0.1) is 6.08 Å². The third-order valence-electron chi connectivity index (χ3n) is 3.40. The van der Waals surface area contributed by atoms with Gasteiger partial charge in [0, 0.05) is 37.5 Å². The standard InChI is InChI=1S/C18H21N2O/c1-4-15-5-7-16(8-6-15)18(21)11-14-20-12-9-17(10-13-20)19(2)3/h5-14H,4H2,1-3H3/q+1. The summed E-state index contributed by atoms with van der Waals surface area (Å²) in [6, 6.07) is 11.8. The highest BCUT2D eigenvalue weighted by Gasteiger charge is 2.04. The Labute approximate surface area is 126 Å². The van der Waals surface area contributed by atoms with E-state index < -0.39 is 0 Å². The van der Waals surface area contributed by atoms with Crippen molar-refractivity contribution < 1.29 is 9.36 Å². The minimum absolute atomic E-state index is 0.0156. The molecular weight excluding hydrogens is 260 g/mol. The lowest BCUT2D eigenvalue weighted by molar-refractivity contribution is -0.568. The maximum atomic E-state index is 12.1. The third kappa shape index (κ3) is 4.02.